The highest BCUT2D eigenvalue weighted by Gasteiger charge is 2.21. The Labute approximate surface area is 148 Å². The van der Waals surface area contributed by atoms with Gasteiger partial charge in [0.2, 0.25) is 0 Å². The molecular weight excluding hydrogens is 348 g/mol. The quantitative estimate of drug-likeness (QED) is 0.626. The number of thiophene rings is 1. The van der Waals surface area contributed by atoms with Crippen LogP contribution in [0.3, 0.4) is 0 Å². The molecule has 0 aliphatic carbocycles. The molecule has 1 atom stereocenters. The SMILES string of the molecule is CC(c1cccc(Cl)c1)N(C)C(=O)c1csc(-c2cccs2)n1. The zero-order chi connectivity index (χ0) is 16.4. The van der Waals surface area contributed by atoms with E-state index in [0.29, 0.717) is 10.7 Å². The van der Waals surface area contributed by atoms with Gasteiger partial charge in [0.05, 0.1) is 10.9 Å². The van der Waals surface area contributed by atoms with Crippen molar-refractivity contribution in [1.29, 1.82) is 0 Å². The molecule has 0 saturated heterocycles. The molecule has 1 unspecified atom stereocenters. The molecule has 3 aromatic rings. The van der Waals surface area contributed by atoms with Crippen LogP contribution >= 0.6 is 34.3 Å². The second-order valence-corrected chi connectivity index (χ2v) is 7.40. The van der Waals surface area contributed by atoms with Gasteiger partial charge in [-0.1, -0.05) is 29.8 Å². The minimum atomic E-state index is -0.0865. The van der Waals surface area contributed by atoms with Crippen molar-refractivity contribution in [1.82, 2.24) is 9.88 Å². The van der Waals surface area contributed by atoms with Gasteiger partial charge in [0.15, 0.2) is 0 Å². The molecular formula is C17H15ClN2OS2. The molecule has 2 aromatic heterocycles. The minimum Gasteiger partial charge on any atom is -0.334 e. The van der Waals surface area contributed by atoms with Gasteiger partial charge in [-0.05, 0) is 36.1 Å². The van der Waals surface area contributed by atoms with Crippen molar-refractivity contribution in [2.75, 3.05) is 7.05 Å². The molecule has 2 heterocycles. The Morgan fingerprint density at radius 1 is 1.26 bits per heavy atom. The standard InChI is InChI=1S/C17H15ClN2OS2/c1-11(12-5-3-6-13(18)9-12)20(2)17(21)14-10-23-16(19-14)15-7-4-8-22-15/h3-11H,1-2H3. The third-order valence-corrected chi connectivity index (χ3v) is 5.80. The van der Waals surface area contributed by atoms with Crippen LogP contribution < -0.4 is 0 Å². The third-order valence-electron chi connectivity index (χ3n) is 3.69. The van der Waals surface area contributed by atoms with Gasteiger partial charge in [0.1, 0.15) is 10.7 Å². The maximum Gasteiger partial charge on any atom is 0.273 e. The lowest BCUT2D eigenvalue weighted by Crippen LogP contribution is -2.29. The number of benzene rings is 1. The Balaban J connectivity index is 1.79. The Morgan fingerprint density at radius 3 is 2.78 bits per heavy atom. The van der Waals surface area contributed by atoms with Gasteiger partial charge < -0.3 is 4.90 Å². The summed E-state index contributed by atoms with van der Waals surface area (Å²) < 4.78 is 0. The van der Waals surface area contributed by atoms with Crippen molar-refractivity contribution in [3.63, 3.8) is 0 Å². The first kappa shape index (κ1) is 16.2. The van der Waals surface area contributed by atoms with E-state index in [1.54, 1.807) is 23.3 Å². The first-order valence-electron chi connectivity index (χ1n) is 7.08. The number of aromatic nitrogens is 1. The Kier molecular flexibility index (Phi) is 4.80. The molecule has 3 nitrogen and oxygen atoms in total. The lowest BCUT2D eigenvalue weighted by atomic mass is 10.1. The number of hydrogen-bond donors (Lipinski definition) is 0. The number of thiazole rings is 1. The zero-order valence-corrected chi connectivity index (χ0v) is 15.1. The molecule has 0 bridgehead atoms. The van der Waals surface area contributed by atoms with Crippen LogP contribution in [-0.4, -0.2) is 22.8 Å². The first-order chi connectivity index (χ1) is 11.1. The Bertz CT molecular complexity index is 814. The van der Waals surface area contributed by atoms with Crippen LogP contribution in [0.15, 0.2) is 47.2 Å². The molecule has 0 spiro atoms. The maximum absolute atomic E-state index is 12.7. The van der Waals surface area contributed by atoms with Crippen LogP contribution in [0.5, 0.6) is 0 Å². The average Bonchev–Trinajstić information content (AvgIpc) is 3.23. The van der Waals surface area contributed by atoms with E-state index in [-0.39, 0.29) is 11.9 Å². The van der Waals surface area contributed by atoms with E-state index in [2.05, 4.69) is 4.98 Å². The predicted molar refractivity (Wildman–Crippen MR) is 97.4 cm³/mol. The van der Waals surface area contributed by atoms with Crippen LogP contribution in [-0.2, 0) is 0 Å². The van der Waals surface area contributed by atoms with Crippen LogP contribution in [0, 0.1) is 0 Å². The van der Waals surface area contributed by atoms with E-state index in [0.717, 1.165) is 15.4 Å². The molecule has 0 aliphatic rings. The highest BCUT2D eigenvalue weighted by molar-refractivity contribution is 7.20. The van der Waals surface area contributed by atoms with Crippen molar-refractivity contribution in [3.8, 4) is 9.88 Å². The number of carbonyl (C=O) groups is 1. The lowest BCUT2D eigenvalue weighted by molar-refractivity contribution is 0.0737. The highest BCUT2D eigenvalue weighted by atomic mass is 35.5. The molecule has 0 radical (unpaired) electrons. The monoisotopic (exact) mass is 362 g/mol. The smallest absolute Gasteiger partial charge is 0.273 e. The summed E-state index contributed by atoms with van der Waals surface area (Å²) in [6.07, 6.45) is 0. The summed E-state index contributed by atoms with van der Waals surface area (Å²) in [7, 11) is 1.79. The van der Waals surface area contributed by atoms with E-state index in [1.165, 1.54) is 11.3 Å². The first-order valence-corrected chi connectivity index (χ1v) is 9.22. The summed E-state index contributed by atoms with van der Waals surface area (Å²) in [4.78, 5) is 19.9. The van der Waals surface area contributed by atoms with Gasteiger partial charge in [-0.3, -0.25) is 4.79 Å². The topological polar surface area (TPSA) is 33.2 Å². The maximum atomic E-state index is 12.7. The fourth-order valence-electron chi connectivity index (χ4n) is 2.23. The number of hydrogen-bond acceptors (Lipinski definition) is 4. The summed E-state index contributed by atoms with van der Waals surface area (Å²) in [6, 6.07) is 11.5. The number of carbonyl (C=O) groups excluding carboxylic acids is 1. The fraction of sp³-hybridized carbons (Fsp3) is 0.176. The van der Waals surface area contributed by atoms with E-state index in [1.807, 2.05) is 54.1 Å². The van der Waals surface area contributed by atoms with E-state index in [9.17, 15) is 4.79 Å². The summed E-state index contributed by atoms with van der Waals surface area (Å²) in [5.74, 6) is -0.0865. The van der Waals surface area contributed by atoms with Gasteiger partial charge in [0.25, 0.3) is 5.91 Å². The van der Waals surface area contributed by atoms with Gasteiger partial charge in [0, 0.05) is 17.5 Å². The highest BCUT2D eigenvalue weighted by Crippen LogP contribution is 2.29. The van der Waals surface area contributed by atoms with Gasteiger partial charge in [-0.2, -0.15) is 0 Å². The van der Waals surface area contributed by atoms with E-state index in [4.69, 9.17) is 11.6 Å². The predicted octanol–water partition coefficient (Wildman–Crippen LogP) is 5.36. The molecule has 118 valence electrons. The van der Waals surface area contributed by atoms with Crippen molar-refractivity contribution in [2.24, 2.45) is 0 Å². The molecule has 6 heteroatoms. The number of amides is 1. The summed E-state index contributed by atoms with van der Waals surface area (Å²) in [5, 5.41) is 5.38. The Morgan fingerprint density at radius 2 is 2.09 bits per heavy atom. The summed E-state index contributed by atoms with van der Waals surface area (Å²) in [6.45, 7) is 1.98. The average molecular weight is 363 g/mol. The molecule has 0 fully saturated rings. The molecule has 1 amide bonds. The van der Waals surface area contributed by atoms with Crippen LogP contribution in [0.2, 0.25) is 5.02 Å². The summed E-state index contributed by atoms with van der Waals surface area (Å²) in [5.41, 5.74) is 1.48. The molecule has 3 rings (SSSR count). The fourth-order valence-corrected chi connectivity index (χ4v) is 4.04. The molecule has 0 N–H and O–H groups in total. The van der Waals surface area contributed by atoms with Crippen molar-refractivity contribution in [3.05, 3.63) is 63.4 Å². The van der Waals surface area contributed by atoms with Crippen LogP contribution in [0.25, 0.3) is 9.88 Å². The molecule has 1 aromatic carbocycles. The van der Waals surface area contributed by atoms with Gasteiger partial charge >= 0.3 is 0 Å². The number of halogens is 1. The normalized spacial score (nSPS) is 12.1. The third kappa shape index (κ3) is 3.47. The van der Waals surface area contributed by atoms with Gasteiger partial charge in [-0.15, -0.1) is 22.7 Å². The second-order valence-electron chi connectivity index (χ2n) is 5.16. The van der Waals surface area contributed by atoms with Crippen molar-refractivity contribution in [2.45, 2.75) is 13.0 Å². The largest absolute Gasteiger partial charge is 0.334 e. The van der Waals surface area contributed by atoms with Crippen molar-refractivity contribution >= 4 is 40.2 Å². The van der Waals surface area contributed by atoms with Gasteiger partial charge in [-0.25, -0.2) is 4.98 Å². The molecule has 0 aliphatic heterocycles. The van der Waals surface area contributed by atoms with E-state index >= 15 is 0 Å². The zero-order valence-electron chi connectivity index (χ0n) is 12.7. The molecule has 23 heavy (non-hydrogen) atoms. The molecule has 0 saturated carbocycles. The van der Waals surface area contributed by atoms with Crippen LogP contribution in [0.1, 0.15) is 29.0 Å². The van der Waals surface area contributed by atoms with Crippen LogP contribution in [0.4, 0.5) is 0 Å². The van der Waals surface area contributed by atoms with E-state index < -0.39 is 0 Å². The van der Waals surface area contributed by atoms with Crippen molar-refractivity contribution < 1.29 is 4.79 Å². The number of rotatable bonds is 4. The summed E-state index contributed by atoms with van der Waals surface area (Å²) >= 11 is 9.15. The lowest BCUT2D eigenvalue weighted by Gasteiger charge is -2.24. The number of nitrogens with zero attached hydrogens (tertiary/aromatic N) is 2. The second kappa shape index (κ2) is 6.83. The Hall–Kier alpha value is -1.69. The minimum absolute atomic E-state index is 0.0758.